The molecule has 1 N–H and O–H groups in total. The standard InChI is InChI=1S/C10H19NO4S/c1-3-5-6-7-8-9-16(13,14)15-11-10(12)4-2/h4H,2-3,5-9H2,1H3,(H,11,12). The molecule has 0 radical (unpaired) electrons. The van der Waals surface area contributed by atoms with Gasteiger partial charge in [-0.1, -0.05) is 39.2 Å². The van der Waals surface area contributed by atoms with Gasteiger partial charge in [0, 0.05) is 0 Å². The van der Waals surface area contributed by atoms with Crippen LogP contribution in [-0.4, -0.2) is 20.1 Å². The predicted octanol–water partition coefficient (Wildman–Crippen LogP) is 1.52. The van der Waals surface area contributed by atoms with Gasteiger partial charge in [0.25, 0.3) is 16.0 Å². The number of hydrogen-bond acceptors (Lipinski definition) is 4. The molecule has 94 valence electrons. The fraction of sp³-hybridized carbons (Fsp3) is 0.700. The molecule has 0 aromatic heterocycles. The molecule has 0 fully saturated rings. The maximum absolute atomic E-state index is 11.2. The van der Waals surface area contributed by atoms with Gasteiger partial charge in [-0.05, 0) is 12.5 Å². The zero-order valence-electron chi connectivity index (χ0n) is 9.57. The first-order chi connectivity index (χ1) is 7.52. The summed E-state index contributed by atoms with van der Waals surface area (Å²) in [6, 6.07) is 0. The van der Waals surface area contributed by atoms with Crippen molar-refractivity contribution in [3.8, 4) is 0 Å². The fourth-order valence-corrected chi connectivity index (χ4v) is 1.92. The summed E-state index contributed by atoms with van der Waals surface area (Å²) in [5, 5.41) is 0. The van der Waals surface area contributed by atoms with Gasteiger partial charge in [-0.15, -0.1) is 4.28 Å². The van der Waals surface area contributed by atoms with Crippen LogP contribution in [0, 0.1) is 0 Å². The van der Waals surface area contributed by atoms with Crippen molar-refractivity contribution in [1.82, 2.24) is 5.48 Å². The average molecular weight is 249 g/mol. The lowest BCUT2D eigenvalue weighted by Gasteiger charge is -2.04. The molecule has 0 spiro atoms. The van der Waals surface area contributed by atoms with Gasteiger partial charge in [-0.25, -0.2) is 5.48 Å². The van der Waals surface area contributed by atoms with E-state index in [-0.39, 0.29) is 5.75 Å². The van der Waals surface area contributed by atoms with Crippen LogP contribution in [-0.2, 0) is 19.2 Å². The Morgan fingerprint density at radius 2 is 1.94 bits per heavy atom. The fourth-order valence-electron chi connectivity index (χ4n) is 1.07. The van der Waals surface area contributed by atoms with E-state index in [0.29, 0.717) is 6.42 Å². The number of rotatable bonds is 9. The van der Waals surface area contributed by atoms with Crippen molar-refractivity contribution in [1.29, 1.82) is 0 Å². The van der Waals surface area contributed by atoms with Crippen molar-refractivity contribution in [2.45, 2.75) is 39.0 Å². The Balaban J connectivity index is 3.70. The SMILES string of the molecule is C=CC(=O)NOS(=O)(=O)CCCCCCC. The van der Waals surface area contributed by atoms with Crippen LogP contribution in [0.5, 0.6) is 0 Å². The van der Waals surface area contributed by atoms with Gasteiger partial charge in [0.2, 0.25) is 0 Å². The minimum absolute atomic E-state index is 0.0753. The van der Waals surface area contributed by atoms with Crippen molar-refractivity contribution in [3.63, 3.8) is 0 Å². The highest BCUT2D eigenvalue weighted by Gasteiger charge is 2.11. The number of carbonyl (C=O) groups excluding carboxylic acids is 1. The zero-order chi connectivity index (χ0) is 12.4. The Hall–Kier alpha value is -0.880. The normalized spacial score (nSPS) is 11.1. The Labute approximate surface area is 96.9 Å². The molecule has 0 rings (SSSR count). The van der Waals surface area contributed by atoms with E-state index in [1.165, 1.54) is 0 Å². The molecular weight excluding hydrogens is 230 g/mol. The molecule has 0 bridgehead atoms. The second kappa shape index (κ2) is 8.29. The van der Waals surface area contributed by atoms with E-state index in [0.717, 1.165) is 31.8 Å². The summed E-state index contributed by atoms with van der Waals surface area (Å²) < 4.78 is 26.7. The van der Waals surface area contributed by atoms with Crippen molar-refractivity contribution in [3.05, 3.63) is 12.7 Å². The van der Waals surface area contributed by atoms with Crippen LogP contribution >= 0.6 is 0 Å². The quantitative estimate of drug-likeness (QED) is 0.382. The molecule has 0 saturated carbocycles. The first-order valence-corrected chi connectivity index (χ1v) is 6.93. The van der Waals surface area contributed by atoms with Crippen molar-refractivity contribution in [2.24, 2.45) is 0 Å². The Morgan fingerprint density at radius 1 is 1.31 bits per heavy atom. The zero-order valence-corrected chi connectivity index (χ0v) is 10.4. The van der Waals surface area contributed by atoms with E-state index < -0.39 is 16.0 Å². The molecule has 0 aliphatic rings. The van der Waals surface area contributed by atoms with Crippen molar-refractivity contribution in [2.75, 3.05) is 5.75 Å². The summed E-state index contributed by atoms with van der Waals surface area (Å²) in [5.74, 6) is -0.747. The smallest absolute Gasteiger partial charge is 0.268 e. The maximum atomic E-state index is 11.2. The molecule has 0 aliphatic heterocycles. The van der Waals surface area contributed by atoms with E-state index in [4.69, 9.17) is 0 Å². The Kier molecular flexibility index (Phi) is 7.84. The molecule has 16 heavy (non-hydrogen) atoms. The third kappa shape index (κ3) is 8.43. The Morgan fingerprint density at radius 3 is 2.50 bits per heavy atom. The second-order valence-electron chi connectivity index (χ2n) is 3.43. The van der Waals surface area contributed by atoms with Crippen LogP contribution in [0.25, 0.3) is 0 Å². The van der Waals surface area contributed by atoms with Crippen LogP contribution in [0.3, 0.4) is 0 Å². The number of nitrogens with one attached hydrogen (secondary N) is 1. The van der Waals surface area contributed by atoms with Gasteiger partial charge in [-0.2, -0.15) is 8.42 Å². The molecule has 0 atom stereocenters. The first-order valence-electron chi connectivity index (χ1n) is 5.35. The van der Waals surface area contributed by atoms with Crippen LogP contribution in [0.15, 0.2) is 12.7 Å². The molecule has 0 aliphatic carbocycles. The lowest BCUT2D eigenvalue weighted by molar-refractivity contribution is -0.122. The van der Waals surface area contributed by atoms with E-state index in [1.54, 1.807) is 5.48 Å². The summed E-state index contributed by atoms with van der Waals surface area (Å²) >= 11 is 0. The molecular formula is C10H19NO4S. The van der Waals surface area contributed by atoms with Crippen LogP contribution in [0.4, 0.5) is 0 Å². The highest BCUT2D eigenvalue weighted by Crippen LogP contribution is 2.04. The van der Waals surface area contributed by atoms with Gasteiger partial charge >= 0.3 is 0 Å². The predicted molar refractivity (Wildman–Crippen MR) is 62.0 cm³/mol. The molecule has 0 unspecified atom stereocenters. The number of hydrogen-bond donors (Lipinski definition) is 1. The minimum Gasteiger partial charge on any atom is -0.268 e. The van der Waals surface area contributed by atoms with Gasteiger partial charge in [-0.3, -0.25) is 4.79 Å². The average Bonchev–Trinajstić information content (AvgIpc) is 2.25. The van der Waals surface area contributed by atoms with Crippen LogP contribution < -0.4 is 5.48 Å². The molecule has 1 amide bonds. The Bertz CT molecular complexity index is 311. The van der Waals surface area contributed by atoms with Crippen molar-refractivity contribution >= 4 is 16.0 Å². The van der Waals surface area contributed by atoms with Crippen LogP contribution in [0.1, 0.15) is 39.0 Å². The molecule has 0 aromatic carbocycles. The summed E-state index contributed by atoms with van der Waals surface area (Å²) in [4.78, 5) is 10.7. The van der Waals surface area contributed by atoms with Gasteiger partial charge in [0.1, 0.15) is 0 Å². The van der Waals surface area contributed by atoms with Crippen LogP contribution in [0.2, 0.25) is 0 Å². The van der Waals surface area contributed by atoms with Gasteiger partial charge < -0.3 is 0 Å². The first kappa shape index (κ1) is 15.1. The highest BCUT2D eigenvalue weighted by atomic mass is 32.2. The minimum atomic E-state index is -3.65. The molecule has 0 heterocycles. The molecule has 5 nitrogen and oxygen atoms in total. The highest BCUT2D eigenvalue weighted by molar-refractivity contribution is 7.86. The van der Waals surface area contributed by atoms with E-state index in [9.17, 15) is 13.2 Å². The lowest BCUT2D eigenvalue weighted by atomic mass is 10.2. The molecule has 6 heteroatoms. The lowest BCUT2D eigenvalue weighted by Crippen LogP contribution is -2.26. The number of unbranched alkanes of at least 4 members (excludes halogenated alkanes) is 4. The number of hydroxylamine groups is 1. The second-order valence-corrected chi connectivity index (χ2v) is 5.12. The van der Waals surface area contributed by atoms with Gasteiger partial charge in [0.05, 0.1) is 5.75 Å². The van der Waals surface area contributed by atoms with E-state index >= 15 is 0 Å². The number of carbonyl (C=O) groups is 1. The van der Waals surface area contributed by atoms with E-state index in [1.807, 2.05) is 0 Å². The monoisotopic (exact) mass is 249 g/mol. The maximum Gasteiger partial charge on any atom is 0.287 e. The largest absolute Gasteiger partial charge is 0.287 e. The van der Waals surface area contributed by atoms with E-state index in [2.05, 4.69) is 17.8 Å². The molecule has 0 saturated heterocycles. The summed E-state index contributed by atoms with van der Waals surface area (Å²) in [5.41, 5.74) is 1.78. The van der Waals surface area contributed by atoms with Gasteiger partial charge in [0.15, 0.2) is 0 Å². The number of amides is 1. The molecule has 0 aromatic rings. The summed E-state index contributed by atoms with van der Waals surface area (Å²) in [7, 11) is -3.65. The third-order valence-electron chi connectivity index (χ3n) is 1.95. The summed E-state index contributed by atoms with van der Waals surface area (Å²) in [6.45, 7) is 5.26. The summed E-state index contributed by atoms with van der Waals surface area (Å²) in [6.07, 6.45) is 5.58. The topological polar surface area (TPSA) is 72.5 Å². The van der Waals surface area contributed by atoms with Crippen molar-refractivity contribution < 1.29 is 17.5 Å². The third-order valence-corrected chi connectivity index (χ3v) is 3.08.